The summed E-state index contributed by atoms with van der Waals surface area (Å²) in [4.78, 5) is 28.6. The highest BCUT2D eigenvalue weighted by Crippen LogP contribution is 2.17. The normalized spacial score (nSPS) is 11.6. The van der Waals surface area contributed by atoms with E-state index in [-0.39, 0.29) is 17.4 Å². The number of amides is 2. The molecular formula is C24H25FN4O2. The van der Waals surface area contributed by atoms with E-state index < -0.39 is 11.9 Å². The van der Waals surface area contributed by atoms with E-state index in [2.05, 4.69) is 21.7 Å². The van der Waals surface area contributed by atoms with Gasteiger partial charge in [0.15, 0.2) is 0 Å². The summed E-state index contributed by atoms with van der Waals surface area (Å²) in [6.07, 6.45) is 3.29. The fourth-order valence-corrected chi connectivity index (χ4v) is 3.36. The molecule has 3 aromatic rings. The average Bonchev–Trinajstić information content (AvgIpc) is 3.19. The number of hydrogen-bond donors (Lipinski definition) is 3. The molecule has 7 heteroatoms. The summed E-state index contributed by atoms with van der Waals surface area (Å²) >= 11 is 0. The number of benzene rings is 2. The van der Waals surface area contributed by atoms with Crippen LogP contribution in [-0.2, 0) is 11.2 Å². The fourth-order valence-electron chi connectivity index (χ4n) is 3.36. The van der Waals surface area contributed by atoms with Crippen LogP contribution in [0.4, 0.5) is 4.39 Å². The molecule has 0 saturated heterocycles. The molecule has 0 radical (unpaired) electrons. The first-order chi connectivity index (χ1) is 15.1. The number of fused-ring (bicyclic) bond motifs is 1. The zero-order valence-corrected chi connectivity index (χ0v) is 17.2. The Morgan fingerprint density at radius 1 is 1.06 bits per heavy atom. The monoisotopic (exact) mass is 420 g/mol. The Hall–Kier alpha value is -3.66. The largest absolute Gasteiger partial charge is 0.354 e. The van der Waals surface area contributed by atoms with Gasteiger partial charge in [-0.05, 0) is 42.7 Å². The van der Waals surface area contributed by atoms with Crippen molar-refractivity contribution in [1.29, 1.82) is 5.26 Å². The van der Waals surface area contributed by atoms with Crippen LogP contribution < -0.4 is 10.6 Å². The number of H-pyrrole nitrogens is 1. The highest BCUT2D eigenvalue weighted by molar-refractivity contribution is 6.00. The molecule has 0 aliphatic carbocycles. The molecule has 0 spiro atoms. The van der Waals surface area contributed by atoms with E-state index in [1.165, 1.54) is 12.1 Å². The van der Waals surface area contributed by atoms with Gasteiger partial charge in [-0.3, -0.25) is 9.59 Å². The first kappa shape index (κ1) is 22.0. The molecule has 3 N–H and O–H groups in total. The quantitative estimate of drug-likeness (QED) is 0.435. The lowest BCUT2D eigenvalue weighted by Gasteiger charge is -2.18. The summed E-state index contributed by atoms with van der Waals surface area (Å²) in [6.45, 7) is 0.483. The van der Waals surface area contributed by atoms with E-state index in [1.54, 1.807) is 12.1 Å². The molecule has 1 atom stereocenters. The topological polar surface area (TPSA) is 97.8 Å². The molecule has 6 nitrogen and oxygen atoms in total. The number of nitriles is 1. The van der Waals surface area contributed by atoms with Crippen molar-refractivity contribution < 1.29 is 14.0 Å². The van der Waals surface area contributed by atoms with Crippen molar-refractivity contribution in [3.8, 4) is 6.07 Å². The third-order valence-electron chi connectivity index (χ3n) is 5.00. The predicted octanol–water partition coefficient (Wildman–Crippen LogP) is 3.85. The van der Waals surface area contributed by atoms with Gasteiger partial charge in [-0.2, -0.15) is 5.26 Å². The lowest BCUT2D eigenvalue weighted by Crippen LogP contribution is -2.48. The standard InChI is InChI=1S/C24H25FN4O2/c25-19-10-11-20-18(15-19)16-22(28-20)24(31)29-21(14-17-8-4-3-5-9-17)23(30)27-13-7-2-1-6-12-26/h3-5,8-11,15-16,21,28H,1-2,6-7,13-14H2,(H,27,30)(H,29,31). The van der Waals surface area contributed by atoms with Crippen molar-refractivity contribution in [2.45, 2.75) is 38.1 Å². The number of carbonyl (C=O) groups excluding carboxylic acids is 2. The molecule has 3 rings (SSSR count). The summed E-state index contributed by atoms with van der Waals surface area (Å²) in [6, 6.07) is 16.6. The van der Waals surface area contributed by atoms with Crippen molar-refractivity contribution in [2.24, 2.45) is 0 Å². The second-order valence-electron chi connectivity index (χ2n) is 7.39. The van der Waals surface area contributed by atoms with Crippen molar-refractivity contribution in [3.63, 3.8) is 0 Å². The van der Waals surface area contributed by atoms with Crippen molar-refractivity contribution in [2.75, 3.05) is 6.54 Å². The van der Waals surface area contributed by atoms with Crippen LogP contribution in [0.5, 0.6) is 0 Å². The third-order valence-corrected chi connectivity index (χ3v) is 5.00. The van der Waals surface area contributed by atoms with E-state index in [0.29, 0.717) is 30.3 Å². The summed E-state index contributed by atoms with van der Waals surface area (Å²) in [7, 11) is 0. The maximum absolute atomic E-state index is 13.4. The zero-order chi connectivity index (χ0) is 22.1. The van der Waals surface area contributed by atoms with Gasteiger partial charge in [-0.15, -0.1) is 0 Å². The minimum Gasteiger partial charge on any atom is -0.354 e. The summed E-state index contributed by atoms with van der Waals surface area (Å²) in [5.74, 6) is -1.07. The third kappa shape index (κ3) is 6.41. The molecule has 0 aliphatic heterocycles. The molecule has 2 amide bonds. The van der Waals surface area contributed by atoms with Gasteiger partial charge in [-0.1, -0.05) is 36.8 Å². The molecule has 1 heterocycles. The number of nitrogens with one attached hydrogen (secondary N) is 3. The van der Waals surface area contributed by atoms with Crippen molar-refractivity contribution >= 4 is 22.7 Å². The number of rotatable bonds is 10. The molecule has 0 fully saturated rings. The van der Waals surface area contributed by atoms with Gasteiger partial charge < -0.3 is 15.6 Å². The Balaban J connectivity index is 1.66. The minimum atomic E-state index is -0.753. The number of aromatic nitrogens is 1. The van der Waals surface area contributed by atoms with Crippen LogP contribution in [0.2, 0.25) is 0 Å². The van der Waals surface area contributed by atoms with Crippen LogP contribution in [0.15, 0.2) is 54.6 Å². The number of aromatic amines is 1. The van der Waals surface area contributed by atoms with Crippen molar-refractivity contribution in [3.05, 3.63) is 71.7 Å². The van der Waals surface area contributed by atoms with E-state index in [0.717, 1.165) is 24.8 Å². The van der Waals surface area contributed by atoms with E-state index in [1.807, 2.05) is 30.3 Å². The first-order valence-electron chi connectivity index (χ1n) is 10.3. The van der Waals surface area contributed by atoms with Crippen LogP contribution in [-0.4, -0.2) is 29.4 Å². The Bertz CT molecular complexity index is 1070. The number of hydrogen-bond acceptors (Lipinski definition) is 3. The molecular weight excluding hydrogens is 395 g/mol. The van der Waals surface area contributed by atoms with Crippen LogP contribution in [0.3, 0.4) is 0 Å². The Morgan fingerprint density at radius 2 is 1.87 bits per heavy atom. The van der Waals surface area contributed by atoms with Gasteiger partial charge in [0.05, 0.1) is 6.07 Å². The molecule has 0 bridgehead atoms. The highest BCUT2D eigenvalue weighted by Gasteiger charge is 2.22. The predicted molar refractivity (Wildman–Crippen MR) is 117 cm³/mol. The Labute approximate surface area is 180 Å². The molecule has 0 saturated carbocycles. The first-order valence-corrected chi connectivity index (χ1v) is 10.3. The van der Waals surface area contributed by atoms with E-state index in [9.17, 15) is 14.0 Å². The van der Waals surface area contributed by atoms with Gasteiger partial charge in [0.2, 0.25) is 5.91 Å². The molecule has 31 heavy (non-hydrogen) atoms. The highest BCUT2D eigenvalue weighted by atomic mass is 19.1. The maximum atomic E-state index is 13.4. The fraction of sp³-hybridized carbons (Fsp3) is 0.292. The summed E-state index contributed by atoms with van der Waals surface area (Å²) < 4.78 is 13.4. The second-order valence-corrected chi connectivity index (χ2v) is 7.39. The summed E-state index contributed by atoms with van der Waals surface area (Å²) in [5, 5.41) is 14.8. The molecule has 2 aromatic carbocycles. The molecule has 160 valence electrons. The lowest BCUT2D eigenvalue weighted by molar-refractivity contribution is -0.122. The Kier molecular flexibility index (Phi) is 7.77. The van der Waals surface area contributed by atoms with E-state index in [4.69, 9.17) is 5.26 Å². The number of nitrogens with zero attached hydrogens (tertiary/aromatic N) is 1. The van der Waals surface area contributed by atoms with Gasteiger partial charge in [0, 0.05) is 30.3 Å². The van der Waals surface area contributed by atoms with Crippen LogP contribution in [0.25, 0.3) is 10.9 Å². The summed E-state index contributed by atoms with van der Waals surface area (Å²) in [5.41, 5.74) is 1.84. The van der Waals surface area contributed by atoms with Gasteiger partial charge >= 0.3 is 0 Å². The average molecular weight is 420 g/mol. The van der Waals surface area contributed by atoms with Gasteiger partial charge in [-0.25, -0.2) is 4.39 Å². The van der Waals surface area contributed by atoms with Crippen LogP contribution in [0, 0.1) is 17.1 Å². The molecule has 1 unspecified atom stereocenters. The van der Waals surface area contributed by atoms with Gasteiger partial charge in [0.25, 0.3) is 5.91 Å². The maximum Gasteiger partial charge on any atom is 0.268 e. The second kappa shape index (κ2) is 10.9. The lowest BCUT2D eigenvalue weighted by atomic mass is 10.0. The smallest absolute Gasteiger partial charge is 0.268 e. The number of carbonyl (C=O) groups is 2. The zero-order valence-electron chi connectivity index (χ0n) is 17.2. The number of halogens is 1. The molecule has 1 aromatic heterocycles. The molecule has 0 aliphatic rings. The van der Waals surface area contributed by atoms with Crippen LogP contribution >= 0.6 is 0 Å². The van der Waals surface area contributed by atoms with E-state index >= 15 is 0 Å². The number of unbranched alkanes of at least 4 members (excludes halogenated alkanes) is 3. The van der Waals surface area contributed by atoms with Crippen LogP contribution in [0.1, 0.15) is 41.7 Å². The van der Waals surface area contributed by atoms with Crippen molar-refractivity contribution in [1.82, 2.24) is 15.6 Å². The minimum absolute atomic E-state index is 0.264. The van der Waals surface area contributed by atoms with Gasteiger partial charge in [0.1, 0.15) is 17.6 Å². The SMILES string of the molecule is N#CCCCCCNC(=O)C(Cc1ccccc1)NC(=O)c1cc2cc(F)ccc2[nH]1. The Morgan fingerprint density at radius 3 is 2.65 bits per heavy atom.